The lowest BCUT2D eigenvalue weighted by Gasteiger charge is -2.41. The van der Waals surface area contributed by atoms with E-state index in [1.165, 1.54) is 0 Å². The SMILES string of the molecule is CCCCC1(C)N=C(c2cccc(-c3cc(Cl)cc(Cl)c3)c2)C(=O)N1C(CCC(C)C)C1=CC=C(C(=O)NCCC(=O)O)CC1. The summed E-state index contributed by atoms with van der Waals surface area (Å²) in [4.78, 5) is 45.2. The van der Waals surface area contributed by atoms with Gasteiger partial charge in [0.2, 0.25) is 5.91 Å². The first-order chi connectivity index (χ1) is 21.4. The predicted molar refractivity (Wildman–Crippen MR) is 182 cm³/mol. The fraction of sp³-hybridized carbons (Fsp3) is 0.444. The molecule has 0 spiro atoms. The Morgan fingerprint density at radius 3 is 2.36 bits per heavy atom. The molecule has 9 heteroatoms. The van der Waals surface area contributed by atoms with Crippen LogP contribution in [0.25, 0.3) is 11.1 Å². The van der Waals surface area contributed by atoms with E-state index in [9.17, 15) is 14.4 Å². The van der Waals surface area contributed by atoms with Crippen molar-refractivity contribution in [3.63, 3.8) is 0 Å². The van der Waals surface area contributed by atoms with Gasteiger partial charge < -0.3 is 15.3 Å². The number of unbranched alkanes of at least 4 members (excludes halogenated alkanes) is 1. The standard InChI is InChI=1S/C36H43Cl2N3O4/c1-5-6-17-36(4)40-33(27-9-7-8-26(19-27)28-20-29(37)22-30(38)21-28)35(45)41(36)31(15-10-23(2)3)24-11-13-25(14-12-24)34(44)39-18-16-32(42)43/h7-9,11,13,19-23,31H,5-6,10,12,14-18H2,1-4H3,(H,39,44)(H,42,43). The van der Waals surface area contributed by atoms with E-state index in [0.717, 1.165) is 54.4 Å². The maximum absolute atomic E-state index is 14.5. The molecular formula is C36H43Cl2N3O4. The van der Waals surface area contributed by atoms with Crippen LogP contribution in [-0.2, 0) is 14.4 Å². The number of carbonyl (C=O) groups excluding carboxylic acids is 2. The van der Waals surface area contributed by atoms with E-state index in [4.69, 9.17) is 33.3 Å². The summed E-state index contributed by atoms with van der Waals surface area (Å²) in [6.45, 7) is 8.66. The zero-order chi connectivity index (χ0) is 32.7. The van der Waals surface area contributed by atoms with Crippen LogP contribution in [0, 0.1) is 5.92 Å². The van der Waals surface area contributed by atoms with Gasteiger partial charge in [-0.1, -0.05) is 80.7 Å². The molecule has 0 fully saturated rings. The maximum atomic E-state index is 14.5. The molecule has 0 saturated heterocycles. The minimum atomic E-state index is -0.952. The fourth-order valence-electron chi connectivity index (χ4n) is 6.08. The highest BCUT2D eigenvalue weighted by molar-refractivity contribution is 6.47. The molecular weight excluding hydrogens is 609 g/mol. The third-order valence-corrected chi connectivity index (χ3v) is 8.92. The minimum absolute atomic E-state index is 0.0861. The Labute approximate surface area is 276 Å². The van der Waals surface area contributed by atoms with Crippen LogP contribution in [0.3, 0.4) is 0 Å². The quantitative estimate of drug-likeness (QED) is 0.215. The van der Waals surface area contributed by atoms with Crippen LogP contribution in [0.2, 0.25) is 10.0 Å². The second-order valence-electron chi connectivity index (χ2n) is 12.5. The first-order valence-corrected chi connectivity index (χ1v) is 16.6. The predicted octanol–water partition coefficient (Wildman–Crippen LogP) is 8.24. The number of amides is 2. The van der Waals surface area contributed by atoms with Gasteiger partial charge in [0.1, 0.15) is 11.4 Å². The molecule has 2 amide bonds. The largest absolute Gasteiger partial charge is 0.481 e. The number of halogens is 2. The summed E-state index contributed by atoms with van der Waals surface area (Å²) in [6, 6.07) is 13.0. The Bertz CT molecular complexity index is 1510. The molecule has 2 aromatic rings. The second kappa shape index (κ2) is 15.2. The third kappa shape index (κ3) is 8.65. The molecule has 2 aromatic carbocycles. The van der Waals surface area contributed by atoms with Crippen molar-refractivity contribution < 1.29 is 19.5 Å². The number of rotatable bonds is 14. The van der Waals surface area contributed by atoms with Gasteiger partial charge in [0.05, 0.1) is 12.5 Å². The highest BCUT2D eigenvalue weighted by Crippen LogP contribution is 2.39. The highest BCUT2D eigenvalue weighted by Gasteiger charge is 2.47. The summed E-state index contributed by atoms with van der Waals surface area (Å²) in [7, 11) is 0. The van der Waals surface area contributed by atoms with Crippen LogP contribution in [0.5, 0.6) is 0 Å². The van der Waals surface area contributed by atoms with Crippen molar-refractivity contribution in [2.75, 3.05) is 6.54 Å². The Morgan fingerprint density at radius 1 is 1.02 bits per heavy atom. The number of nitrogens with zero attached hydrogens (tertiary/aromatic N) is 2. The second-order valence-corrected chi connectivity index (χ2v) is 13.4. The summed E-state index contributed by atoms with van der Waals surface area (Å²) in [6.07, 6.45) is 9.20. The number of carbonyl (C=O) groups is 3. The van der Waals surface area contributed by atoms with Crippen LogP contribution in [-0.4, -0.2) is 51.8 Å². The van der Waals surface area contributed by atoms with Crippen LogP contribution in [0.15, 0.2) is 70.8 Å². The van der Waals surface area contributed by atoms with E-state index in [1.54, 1.807) is 6.07 Å². The summed E-state index contributed by atoms with van der Waals surface area (Å²) >= 11 is 12.6. The van der Waals surface area contributed by atoms with E-state index in [0.29, 0.717) is 40.1 Å². The molecule has 2 unspecified atom stereocenters. The fourth-order valence-corrected chi connectivity index (χ4v) is 6.61. The van der Waals surface area contributed by atoms with Crippen molar-refractivity contribution >= 4 is 46.7 Å². The lowest BCUT2D eigenvalue weighted by atomic mass is 9.86. The number of allylic oxidation sites excluding steroid dienone is 2. The lowest BCUT2D eigenvalue weighted by molar-refractivity contribution is -0.137. The van der Waals surface area contributed by atoms with Gasteiger partial charge in [-0.15, -0.1) is 0 Å². The lowest BCUT2D eigenvalue weighted by Crippen LogP contribution is -2.52. The summed E-state index contributed by atoms with van der Waals surface area (Å²) in [5, 5.41) is 12.7. The normalized spacial score (nSPS) is 18.9. The minimum Gasteiger partial charge on any atom is -0.481 e. The van der Waals surface area contributed by atoms with Gasteiger partial charge >= 0.3 is 5.97 Å². The molecule has 1 aliphatic heterocycles. The number of carboxylic acids is 1. The van der Waals surface area contributed by atoms with Crippen LogP contribution in [0.1, 0.15) is 84.6 Å². The molecule has 7 nitrogen and oxygen atoms in total. The van der Waals surface area contributed by atoms with Crippen LogP contribution >= 0.6 is 23.2 Å². The number of carboxylic acid groups (broad SMARTS) is 1. The van der Waals surface area contributed by atoms with Gasteiger partial charge in [0.15, 0.2) is 0 Å². The average molecular weight is 653 g/mol. The average Bonchev–Trinajstić information content (AvgIpc) is 3.26. The van der Waals surface area contributed by atoms with E-state index >= 15 is 0 Å². The molecule has 0 saturated carbocycles. The molecule has 2 atom stereocenters. The van der Waals surface area contributed by atoms with Crippen molar-refractivity contribution in [1.29, 1.82) is 0 Å². The van der Waals surface area contributed by atoms with Gasteiger partial charge in [-0.3, -0.25) is 19.4 Å². The Morgan fingerprint density at radius 2 is 1.73 bits per heavy atom. The first-order valence-electron chi connectivity index (χ1n) is 15.8. The number of hydrogen-bond acceptors (Lipinski definition) is 4. The van der Waals surface area contributed by atoms with Crippen molar-refractivity contribution in [3.8, 4) is 11.1 Å². The molecule has 0 aromatic heterocycles. The monoisotopic (exact) mass is 651 g/mol. The molecule has 0 radical (unpaired) electrons. The van der Waals surface area contributed by atoms with Gasteiger partial charge in [-0.25, -0.2) is 0 Å². The van der Waals surface area contributed by atoms with Gasteiger partial charge in [-0.05, 0) is 92.3 Å². The number of nitrogens with one attached hydrogen (secondary N) is 1. The molecule has 1 aliphatic carbocycles. The molecule has 2 aliphatic rings. The van der Waals surface area contributed by atoms with Crippen LogP contribution < -0.4 is 5.32 Å². The van der Waals surface area contributed by atoms with Crippen LogP contribution in [0.4, 0.5) is 0 Å². The third-order valence-electron chi connectivity index (χ3n) is 8.48. The topological polar surface area (TPSA) is 99.1 Å². The number of aliphatic imine (C=N–C) groups is 1. The molecule has 0 bridgehead atoms. The van der Waals surface area contributed by atoms with Crippen molar-refractivity contribution in [1.82, 2.24) is 10.2 Å². The maximum Gasteiger partial charge on any atom is 0.305 e. The molecule has 2 N–H and O–H groups in total. The van der Waals surface area contributed by atoms with Crippen molar-refractivity contribution in [2.45, 2.75) is 90.8 Å². The highest BCUT2D eigenvalue weighted by atomic mass is 35.5. The van der Waals surface area contributed by atoms with Crippen molar-refractivity contribution in [3.05, 3.63) is 81.4 Å². The summed E-state index contributed by atoms with van der Waals surface area (Å²) in [5.74, 6) is -0.844. The number of aliphatic carboxylic acids is 1. The Balaban J connectivity index is 1.69. The molecule has 45 heavy (non-hydrogen) atoms. The molecule has 4 rings (SSSR count). The first kappa shape index (κ1) is 34.5. The molecule has 1 heterocycles. The summed E-state index contributed by atoms with van der Waals surface area (Å²) in [5.41, 5.74) is 3.95. The number of hydrogen-bond donors (Lipinski definition) is 2. The Kier molecular flexibility index (Phi) is 11.7. The smallest absolute Gasteiger partial charge is 0.305 e. The van der Waals surface area contributed by atoms with E-state index in [-0.39, 0.29) is 30.8 Å². The van der Waals surface area contributed by atoms with Gasteiger partial charge in [-0.2, -0.15) is 0 Å². The Hall–Kier alpha value is -3.42. The van der Waals surface area contributed by atoms with Crippen molar-refractivity contribution in [2.24, 2.45) is 10.9 Å². The number of benzene rings is 2. The molecule has 240 valence electrons. The zero-order valence-electron chi connectivity index (χ0n) is 26.5. The van der Waals surface area contributed by atoms with E-state index in [1.807, 2.05) is 53.5 Å². The zero-order valence-corrected chi connectivity index (χ0v) is 28.0. The summed E-state index contributed by atoms with van der Waals surface area (Å²) < 4.78 is 0. The van der Waals surface area contributed by atoms with Gasteiger partial charge in [0, 0.05) is 27.7 Å². The van der Waals surface area contributed by atoms with Gasteiger partial charge in [0.25, 0.3) is 5.91 Å². The van der Waals surface area contributed by atoms with E-state index in [2.05, 4.69) is 33.0 Å². The van der Waals surface area contributed by atoms with E-state index < -0.39 is 11.6 Å².